The Kier molecular flexibility index (Phi) is 4.43. The fourth-order valence-corrected chi connectivity index (χ4v) is 2.29. The molecule has 0 radical (unpaired) electrons. The summed E-state index contributed by atoms with van der Waals surface area (Å²) in [7, 11) is 1.60. The molecule has 1 aliphatic rings. The third kappa shape index (κ3) is 3.61. The van der Waals surface area contributed by atoms with E-state index in [1.54, 1.807) is 13.2 Å². The van der Waals surface area contributed by atoms with Gasteiger partial charge in [0.25, 0.3) is 0 Å². The van der Waals surface area contributed by atoms with Crippen LogP contribution in [-0.2, 0) is 9.53 Å². The quantitative estimate of drug-likeness (QED) is 0.694. The van der Waals surface area contributed by atoms with Gasteiger partial charge in [-0.2, -0.15) is 0 Å². The van der Waals surface area contributed by atoms with Crippen LogP contribution in [0.5, 0.6) is 5.75 Å². The largest absolute Gasteiger partial charge is 0.497 e. The maximum atomic E-state index is 11.9. The van der Waals surface area contributed by atoms with E-state index < -0.39 is 6.23 Å². The van der Waals surface area contributed by atoms with Crippen molar-refractivity contribution in [2.24, 2.45) is 0 Å². The summed E-state index contributed by atoms with van der Waals surface area (Å²) in [5.74, 6) is 0.359. The normalized spacial score (nSPS) is 18.9. The van der Waals surface area contributed by atoms with E-state index in [0.29, 0.717) is 5.70 Å². The average molecular weight is 307 g/mol. The second-order valence-corrected chi connectivity index (χ2v) is 5.06. The van der Waals surface area contributed by atoms with Gasteiger partial charge < -0.3 is 14.8 Å². The Labute approximate surface area is 135 Å². The second kappa shape index (κ2) is 6.83. The molecule has 0 aromatic heterocycles. The molecule has 0 saturated carbocycles. The van der Waals surface area contributed by atoms with Gasteiger partial charge in [0.05, 0.1) is 7.11 Å². The van der Waals surface area contributed by atoms with Crippen molar-refractivity contribution in [1.29, 1.82) is 0 Å². The van der Waals surface area contributed by atoms with Crippen molar-refractivity contribution in [3.05, 3.63) is 83.6 Å². The molecule has 2 aromatic rings. The van der Waals surface area contributed by atoms with Gasteiger partial charge in [-0.05, 0) is 23.8 Å². The molecule has 1 saturated heterocycles. The molecule has 0 bridgehead atoms. The van der Waals surface area contributed by atoms with Gasteiger partial charge in [0.2, 0.25) is 0 Å². The number of allylic oxidation sites excluding steroid dienone is 2. The predicted octanol–water partition coefficient (Wildman–Crippen LogP) is 3.44. The number of carbonyl (C=O) groups is 1. The maximum Gasteiger partial charge on any atom is 0.356 e. The van der Waals surface area contributed by atoms with Crippen molar-refractivity contribution in [3.63, 3.8) is 0 Å². The van der Waals surface area contributed by atoms with E-state index in [1.807, 2.05) is 66.7 Å². The highest BCUT2D eigenvalue weighted by molar-refractivity contribution is 5.90. The molecule has 0 amide bonds. The molecule has 0 spiro atoms. The third-order valence-electron chi connectivity index (χ3n) is 3.48. The van der Waals surface area contributed by atoms with Crippen molar-refractivity contribution in [2.75, 3.05) is 7.11 Å². The van der Waals surface area contributed by atoms with Crippen LogP contribution in [0.2, 0.25) is 0 Å². The van der Waals surface area contributed by atoms with Gasteiger partial charge in [0, 0.05) is 5.56 Å². The monoisotopic (exact) mass is 307 g/mol. The summed E-state index contributed by atoms with van der Waals surface area (Å²) in [6, 6.07) is 17.3. The number of esters is 1. The Bertz CT molecular complexity index is 750. The van der Waals surface area contributed by atoms with E-state index in [0.717, 1.165) is 16.9 Å². The van der Waals surface area contributed by atoms with Crippen molar-refractivity contribution in [3.8, 4) is 5.75 Å². The standard InChI is InChI=1S/C19H17NO3/c1-22-16-11-6-10-15(13-16)18-20-17(19(21)23-18)12-5-9-14-7-3-2-4-8-14/h2-13,18,20H,1H3/b9-5+,17-12-. The van der Waals surface area contributed by atoms with E-state index in [1.165, 1.54) is 0 Å². The molecule has 4 heteroatoms. The number of cyclic esters (lactones) is 1. The lowest BCUT2D eigenvalue weighted by atomic mass is 10.2. The Morgan fingerprint density at radius 2 is 1.96 bits per heavy atom. The summed E-state index contributed by atoms with van der Waals surface area (Å²) in [6.07, 6.45) is 4.98. The minimum atomic E-state index is -0.492. The highest BCUT2D eigenvalue weighted by atomic mass is 16.6. The first-order valence-electron chi connectivity index (χ1n) is 7.31. The van der Waals surface area contributed by atoms with Crippen LogP contribution in [0.15, 0.2) is 72.4 Å². The highest BCUT2D eigenvalue weighted by Crippen LogP contribution is 2.26. The lowest BCUT2D eigenvalue weighted by Gasteiger charge is -2.10. The summed E-state index contributed by atoms with van der Waals surface area (Å²) in [5, 5.41) is 3.08. The van der Waals surface area contributed by atoms with Gasteiger partial charge in [-0.15, -0.1) is 0 Å². The highest BCUT2D eigenvalue weighted by Gasteiger charge is 2.28. The Morgan fingerprint density at radius 3 is 2.74 bits per heavy atom. The van der Waals surface area contributed by atoms with Crippen LogP contribution < -0.4 is 10.1 Å². The number of ether oxygens (including phenoxy) is 2. The fourth-order valence-electron chi connectivity index (χ4n) is 2.29. The lowest BCUT2D eigenvalue weighted by Crippen LogP contribution is -2.12. The molecule has 1 atom stereocenters. The molecule has 23 heavy (non-hydrogen) atoms. The summed E-state index contributed by atoms with van der Waals surface area (Å²) in [6.45, 7) is 0. The zero-order valence-corrected chi connectivity index (χ0v) is 12.7. The van der Waals surface area contributed by atoms with Gasteiger partial charge in [0.15, 0.2) is 6.23 Å². The Hall–Kier alpha value is -3.01. The van der Waals surface area contributed by atoms with Crippen LogP contribution in [0, 0.1) is 0 Å². The molecule has 1 heterocycles. The molecule has 0 aliphatic carbocycles. The van der Waals surface area contributed by atoms with Crippen LogP contribution in [-0.4, -0.2) is 13.1 Å². The van der Waals surface area contributed by atoms with Crippen LogP contribution >= 0.6 is 0 Å². The topological polar surface area (TPSA) is 47.6 Å². The summed E-state index contributed by atoms with van der Waals surface area (Å²) < 4.78 is 10.5. The van der Waals surface area contributed by atoms with Crippen LogP contribution in [0.4, 0.5) is 0 Å². The number of methoxy groups -OCH3 is 1. The van der Waals surface area contributed by atoms with E-state index in [2.05, 4.69) is 5.32 Å². The van der Waals surface area contributed by atoms with E-state index >= 15 is 0 Å². The molecule has 1 aliphatic heterocycles. The first kappa shape index (κ1) is 14.9. The predicted molar refractivity (Wildman–Crippen MR) is 88.5 cm³/mol. The van der Waals surface area contributed by atoms with Crippen molar-refractivity contribution >= 4 is 12.0 Å². The second-order valence-electron chi connectivity index (χ2n) is 5.06. The average Bonchev–Trinajstić information content (AvgIpc) is 2.97. The first-order valence-corrected chi connectivity index (χ1v) is 7.31. The number of carbonyl (C=O) groups excluding carboxylic acids is 1. The SMILES string of the molecule is COc1cccc(C2N/C(=C\C=C\c3ccccc3)C(=O)O2)c1. The van der Waals surface area contributed by atoms with E-state index in [4.69, 9.17) is 9.47 Å². The maximum absolute atomic E-state index is 11.9. The van der Waals surface area contributed by atoms with Crippen molar-refractivity contribution in [1.82, 2.24) is 5.32 Å². The number of benzene rings is 2. The smallest absolute Gasteiger partial charge is 0.356 e. The molecule has 1 N–H and O–H groups in total. The summed E-state index contributed by atoms with van der Waals surface area (Å²) >= 11 is 0. The number of hydrogen-bond donors (Lipinski definition) is 1. The zero-order chi connectivity index (χ0) is 16.1. The minimum absolute atomic E-state index is 0.365. The van der Waals surface area contributed by atoms with Gasteiger partial charge in [-0.25, -0.2) is 4.79 Å². The van der Waals surface area contributed by atoms with Gasteiger partial charge >= 0.3 is 5.97 Å². The number of hydrogen-bond acceptors (Lipinski definition) is 4. The van der Waals surface area contributed by atoms with E-state index in [9.17, 15) is 4.79 Å². The van der Waals surface area contributed by atoms with Gasteiger partial charge in [0.1, 0.15) is 11.4 Å². The van der Waals surface area contributed by atoms with Crippen LogP contribution in [0.3, 0.4) is 0 Å². The summed E-state index contributed by atoms with van der Waals surface area (Å²) in [5.41, 5.74) is 2.35. The Balaban J connectivity index is 1.72. The lowest BCUT2D eigenvalue weighted by molar-refractivity contribution is -0.139. The molecule has 3 rings (SSSR count). The van der Waals surface area contributed by atoms with Gasteiger partial charge in [-0.3, -0.25) is 0 Å². The molecule has 1 fully saturated rings. The van der Waals surface area contributed by atoms with Crippen LogP contribution in [0.25, 0.3) is 6.08 Å². The van der Waals surface area contributed by atoms with Crippen molar-refractivity contribution < 1.29 is 14.3 Å². The summed E-state index contributed by atoms with van der Waals surface area (Å²) in [4.78, 5) is 11.9. The number of nitrogens with one attached hydrogen (secondary N) is 1. The molecule has 2 aromatic carbocycles. The zero-order valence-electron chi connectivity index (χ0n) is 12.7. The minimum Gasteiger partial charge on any atom is -0.497 e. The molecular formula is C19H17NO3. The molecule has 1 unspecified atom stereocenters. The third-order valence-corrected chi connectivity index (χ3v) is 3.48. The fraction of sp³-hybridized carbons (Fsp3) is 0.105. The first-order chi connectivity index (χ1) is 11.3. The molecule has 116 valence electrons. The number of rotatable bonds is 4. The van der Waals surface area contributed by atoms with Gasteiger partial charge in [-0.1, -0.05) is 54.6 Å². The van der Waals surface area contributed by atoms with E-state index in [-0.39, 0.29) is 5.97 Å². The molecular weight excluding hydrogens is 290 g/mol. The molecule has 4 nitrogen and oxygen atoms in total. The van der Waals surface area contributed by atoms with Crippen molar-refractivity contribution in [2.45, 2.75) is 6.23 Å². The Morgan fingerprint density at radius 1 is 1.13 bits per heavy atom. The van der Waals surface area contributed by atoms with Crippen LogP contribution in [0.1, 0.15) is 17.4 Å².